The van der Waals surface area contributed by atoms with Crippen LogP contribution in [0, 0.1) is 15.5 Å². The van der Waals surface area contributed by atoms with E-state index in [0.717, 1.165) is 10.5 Å². The van der Waals surface area contributed by atoms with Crippen LogP contribution in [-0.2, 0) is 11.3 Å². The Hall–Kier alpha value is -2.88. The number of alkyl carbamates (subject to hydrolysis) is 1. The second-order valence-corrected chi connectivity index (χ2v) is 5.28. The number of carbonyl (C=O) groups excluding carboxylic acids is 1. The van der Waals surface area contributed by atoms with E-state index >= 15 is 0 Å². The van der Waals surface area contributed by atoms with Gasteiger partial charge in [-0.1, -0.05) is 35.8 Å². The molecule has 0 radical (unpaired) electrons. The van der Waals surface area contributed by atoms with Crippen molar-refractivity contribution in [3.8, 4) is 0 Å². The maximum Gasteiger partial charge on any atom is 0.407 e. The van der Waals surface area contributed by atoms with Gasteiger partial charge in [-0.2, -0.15) is 0 Å². The van der Waals surface area contributed by atoms with E-state index < -0.39 is 29.4 Å². The monoisotopic (exact) mass is 337 g/mol. The Labute approximate surface area is 138 Å². The molecule has 0 aromatic heterocycles. The quantitative estimate of drug-likeness (QED) is 0.270. The zero-order valence-electron chi connectivity index (χ0n) is 12.8. The fourth-order valence-electron chi connectivity index (χ4n) is 2.44. The van der Waals surface area contributed by atoms with Crippen LogP contribution >= 0.6 is 0 Å². The molecule has 130 valence electrons. The van der Waals surface area contributed by atoms with Gasteiger partial charge in [0.05, 0.1) is 6.04 Å². The maximum absolute atomic E-state index is 11.8. The molecule has 10 nitrogen and oxygen atoms in total. The maximum atomic E-state index is 11.8. The van der Waals surface area contributed by atoms with Crippen LogP contribution in [0.4, 0.5) is 4.79 Å². The molecule has 1 aromatic carbocycles. The number of aliphatic hydroxyl groups is 1. The molecule has 1 heterocycles. The Morgan fingerprint density at radius 1 is 1.46 bits per heavy atom. The number of piperidine rings is 1. The largest absolute Gasteiger partial charge is 0.445 e. The Kier molecular flexibility index (Phi) is 5.90. The average Bonchev–Trinajstić information content (AvgIpc) is 2.55. The molecule has 10 heteroatoms. The van der Waals surface area contributed by atoms with Crippen LogP contribution in [-0.4, -0.2) is 45.9 Å². The topological polar surface area (TPSA) is 141 Å². The van der Waals surface area contributed by atoms with Crippen LogP contribution in [0.1, 0.15) is 18.4 Å². The Balaban J connectivity index is 1.85. The van der Waals surface area contributed by atoms with E-state index in [0.29, 0.717) is 12.8 Å². The minimum absolute atomic E-state index is 0.0951. The van der Waals surface area contributed by atoms with Crippen molar-refractivity contribution in [2.45, 2.75) is 31.7 Å². The summed E-state index contributed by atoms with van der Waals surface area (Å²) in [6, 6.07) is 8.45. The molecule has 1 fully saturated rings. The number of nitrogens with one attached hydrogen (secondary N) is 3. The minimum Gasteiger partial charge on any atom is -0.445 e. The molecule has 0 spiro atoms. The number of amides is 1. The van der Waals surface area contributed by atoms with Gasteiger partial charge in [0.1, 0.15) is 12.8 Å². The molecule has 1 amide bonds. The second kappa shape index (κ2) is 8.11. The van der Waals surface area contributed by atoms with Gasteiger partial charge in [0.15, 0.2) is 5.03 Å². The standard InChI is InChI=1S/C14H19N5O5/c15-13(17-19(22)23)18-8-4-7-11(12(18)20)16-14(21)24-9-10-5-2-1-3-6-10/h1-3,5-6,11-12,20H,4,7-9H2,(H2,15,17)(H,16,21)/t11-,12?/m0/s1. The molecule has 24 heavy (non-hydrogen) atoms. The first-order valence-electron chi connectivity index (χ1n) is 7.39. The van der Waals surface area contributed by atoms with Crippen molar-refractivity contribution < 1.29 is 19.7 Å². The third kappa shape index (κ3) is 4.81. The smallest absolute Gasteiger partial charge is 0.407 e. The number of nitrogens with zero attached hydrogens (tertiary/aromatic N) is 2. The van der Waals surface area contributed by atoms with E-state index in [-0.39, 0.29) is 13.2 Å². The van der Waals surface area contributed by atoms with E-state index in [2.05, 4.69) is 5.32 Å². The zero-order chi connectivity index (χ0) is 17.5. The number of aliphatic hydroxyl groups excluding tert-OH is 1. The number of ether oxygens (including phenoxy) is 1. The summed E-state index contributed by atoms with van der Waals surface area (Å²) in [6.45, 7) is 0.371. The third-order valence-corrected chi connectivity index (χ3v) is 3.59. The number of hydrogen-bond donors (Lipinski definition) is 4. The first kappa shape index (κ1) is 17.5. The number of benzene rings is 1. The lowest BCUT2D eigenvalue weighted by molar-refractivity contribution is -0.527. The molecule has 0 bridgehead atoms. The number of carbonyl (C=O) groups is 1. The summed E-state index contributed by atoms with van der Waals surface area (Å²) in [5, 5.41) is 29.8. The van der Waals surface area contributed by atoms with Gasteiger partial charge >= 0.3 is 6.09 Å². The predicted octanol–water partition coefficient (Wildman–Crippen LogP) is 0.412. The molecule has 4 N–H and O–H groups in total. The average molecular weight is 337 g/mol. The minimum atomic E-state index is -1.25. The summed E-state index contributed by atoms with van der Waals surface area (Å²) in [4.78, 5) is 23.4. The first-order valence-corrected chi connectivity index (χ1v) is 7.39. The fourth-order valence-corrected chi connectivity index (χ4v) is 2.44. The van der Waals surface area contributed by atoms with Crippen molar-refractivity contribution in [1.29, 1.82) is 5.41 Å². The van der Waals surface area contributed by atoms with Gasteiger partial charge < -0.3 is 20.1 Å². The molecule has 1 saturated heterocycles. The van der Waals surface area contributed by atoms with E-state index in [9.17, 15) is 20.0 Å². The van der Waals surface area contributed by atoms with E-state index in [1.807, 2.05) is 30.3 Å². The van der Waals surface area contributed by atoms with Gasteiger partial charge in [-0.3, -0.25) is 5.41 Å². The number of guanidine groups is 1. The van der Waals surface area contributed by atoms with Gasteiger partial charge in [-0.25, -0.2) is 14.9 Å². The summed E-state index contributed by atoms with van der Waals surface area (Å²) in [5.74, 6) is -0.531. The molecule has 0 aliphatic carbocycles. The van der Waals surface area contributed by atoms with E-state index in [1.54, 1.807) is 5.43 Å². The normalized spacial score (nSPS) is 20.1. The highest BCUT2D eigenvalue weighted by Gasteiger charge is 2.33. The Morgan fingerprint density at radius 3 is 2.83 bits per heavy atom. The van der Waals surface area contributed by atoms with Crippen molar-refractivity contribution in [2.24, 2.45) is 0 Å². The lowest BCUT2D eigenvalue weighted by Gasteiger charge is -2.38. The van der Waals surface area contributed by atoms with Gasteiger partial charge in [0, 0.05) is 6.54 Å². The highest BCUT2D eigenvalue weighted by molar-refractivity contribution is 5.76. The van der Waals surface area contributed by atoms with Crippen LogP contribution in [0.5, 0.6) is 0 Å². The summed E-state index contributed by atoms with van der Waals surface area (Å²) in [6.07, 6.45) is -0.909. The highest BCUT2D eigenvalue weighted by Crippen LogP contribution is 2.16. The van der Waals surface area contributed by atoms with Crippen molar-refractivity contribution in [3.63, 3.8) is 0 Å². The SMILES string of the molecule is N=C(N[N+](=O)[O-])N1CCC[C@H](NC(=O)OCc2ccccc2)C1O. The lowest BCUT2D eigenvalue weighted by atomic mass is 10.0. The number of rotatable bonds is 4. The molecule has 1 aliphatic heterocycles. The second-order valence-electron chi connectivity index (χ2n) is 5.28. The number of hydrazine groups is 1. The molecule has 0 saturated carbocycles. The molecule has 2 rings (SSSR count). The summed E-state index contributed by atoms with van der Waals surface area (Å²) >= 11 is 0. The van der Waals surface area contributed by atoms with Gasteiger partial charge in [0.25, 0.3) is 5.96 Å². The van der Waals surface area contributed by atoms with Crippen LogP contribution in [0.25, 0.3) is 0 Å². The van der Waals surface area contributed by atoms with Crippen LogP contribution < -0.4 is 10.7 Å². The number of hydrogen-bond acceptors (Lipinski definition) is 6. The van der Waals surface area contributed by atoms with Crippen molar-refractivity contribution in [2.75, 3.05) is 6.54 Å². The molecule has 1 aliphatic rings. The molecule has 1 aromatic rings. The van der Waals surface area contributed by atoms with Crippen molar-refractivity contribution >= 4 is 12.1 Å². The molecule has 1 unspecified atom stereocenters. The third-order valence-electron chi connectivity index (χ3n) is 3.59. The fraction of sp³-hybridized carbons (Fsp3) is 0.429. The summed E-state index contributed by atoms with van der Waals surface area (Å²) < 4.78 is 5.08. The highest BCUT2D eigenvalue weighted by atomic mass is 16.7. The molecular formula is C14H19N5O5. The summed E-state index contributed by atoms with van der Waals surface area (Å²) in [5.41, 5.74) is 2.52. The van der Waals surface area contributed by atoms with Crippen molar-refractivity contribution in [1.82, 2.24) is 15.6 Å². The van der Waals surface area contributed by atoms with Gasteiger partial charge in [0.2, 0.25) is 0 Å². The van der Waals surface area contributed by atoms with E-state index in [4.69, 9.17) is 10.1 Å². The number of likely N-dealkylation sites (tertiary alicyclic amines) is 1. The first-order chi connectivity index (χ1) is 11.5. The van der Waals surface area contributed by atoms with Gasteiger partial charge in [-0.05, 0) is 18.4 Å². The predicted molar refractivity (Wildman–Crippen MR) is 83.4 cm³/mol. The Bertz CT molecular complexity index is 596. The van der Waals surface area contributed by atoms with Crippen LogP contribution in [0.2, 0.25) is 0 Å². The van der Waals surface area contributed by atoms with E-state index in [1.165, 1.54) is 0 Å². The van der Waals surface area contributed by atoms with Crippen LogP contribution in [0.15, 0.2) is 30.3 Å². The summed E-state index contributed by atoms with van der Waals surface area (Å²) in [7, 11) is 0. The number of nitro groups is 1. The lowest BCUT2D eigenvalue weighted by Crippen LogP contribution is -2.59. The van der Waals surface area contributed by atoms with Crippen LogP contribution in [0.3, 0.4) is 0 Å². The molecular weight excluding hydrogens is 318 g/mol. The Morgan fingerprint density at radius 2 is 2.17 bits per heavy atom. The van der Waals surface area contributed by atoms with Crippen molar-refractivity contribution in [3.05, 3.63) is 46.0 Å². The zero-order valence-corrected chi connectivity index (χ0v) is 12.8. The molecule has 2 atom stereocenters. The van der Waals surface area contributed by atoms with Gasteiger partial charge in [-0.15, -0.1) is 0 Å².